The maximum atomic E-state index is 10.2. The highest BCUT2D eigenvalue weighted by Gasteiger charge is 2.05. The molecule has 0 fully saturated rings. The van der Waals surface area contributed by atoms with Gasteiger partial charge in [-0.3, -0.25) is 0 Å². The minimum atomic E-state index is -1.19. The second kappa shape index (κ2) is 2.70. The molecule has 0 spiro atoms. The highest BCUT2D eigenvalue weighted by atomic mass is 79.9. The molecule has 0 unspecified atom stereocenters. The second-order valence-corrected chi connectivity index (χ2v) is 2.22. The molecule has 1 heterocycles. The van der Waals surface area contributed by atoms with E-state index in [0.29, 0.717) is 4.60 Å². The van der Waals surface area contributed by atoms with Crippen molar-refractivity contribution in [2.75, 3.05) is 0 Å². The lowest BCUT2D eigenvalue weighted by atomic mass is 10.6. The first-order chi connectivity index (χ1) is 4.70. The average molecular weight is 204 g/mol. The first-order valence-electron chi connectivity index (χ1n) is 2.28. The summed E-state index contributed by atoms with van der Waals surface area (Å²) in [5.41, 5.74) is 0. The largest absolute Gasteiger partial charge is 0.475 e. The minimum absolute atomic E-state index is 0.311. The highest BCUT2D eigenvalue weighted by molar-refractivity contribution is 9.10. The van der Waals surface area contributed by atoms with Gasteiger partial charge >= 0.3 is 5.97 Å². The Morgan fingerprint density at radius 3 is 2.80 bits per heavy atom. The van der Waals surface area contributed by atoms with E-state index < -0.39 is 5.97 Å². The molecule has 52 valence electrons. The van der Waals surface area contributed by atoms with Gasteiger partial charge in [0.1, 0.15) is 4.60 Å². The van der Waals surface area contributed by atoms with Crippen molar-refractivity contribution in [1.29, 1.82) is 0 Å². The van der Waals surface area contributed by atoms with Crippen molar-refractivity contribution in [3.63, 3.8) is 0 Å². The summed E-state index contributed by atoms with van der Waals surface area (Å²) in [5, 5.41) is 14.9. The molecule has 1 aromatic heterocycles. The highest BCUT2D eigenvalue weighted by Crippen LogP contribution is 2.00. The van der Waals surface area contributed by atoms with Crippen LogP contribution >= 0.6 is 15.9 Å². The van der Waals surface area contributed by atoms with Crippen LogP contribution in [0.4, 0.5) is 0 Å². The predicted molar refractivity (Wildman–Crippen MR) is 34.5 cm³/mol. The van der Waals surface area contributed by atoms with E-state index in [9.17, 15) is 4.79 Å². The third kappa shape index (κ3) is 1.47. The number of aromatic nitrogens is 3. The SMILES string of the molecule is O=C(O)c1nncc(Br)n1. The Morgan fingerprint density at radius 2 is 2.40 bits per heavy atom. The van der Waals surface area contributed by atoms with Crippen molar-refractivity contribution < 1.29 is 9.90 Å². The van der Waals surface area contributed by atoms with Crippen LogP contribution in [-0.4, -0.2) is 26.3 Å². The Bertz CT molecular complexity index is 264. The summed E-state index contributed by atoms with van der Waals surface area (Å²) in [4.78, 5) is 13.7. The number of halogens is 1. The van der Waals surface area contributed by atoms with E-state index in [2.05, 4.69) is 31.1 Å². The molecule has 0 amide bonds. The maximum absolute atomic E-state index is 10.2. The van der Waals surface area contributed by atoms with Gasteiger partial charge in [0.2, 0.25) is 0 Å². The van der Waals surface area contributed by atoms with E-state index in [1.54, 1.807) is 0 Å². The number of carboxylic acid groups (broad SMARTS) is 1. The van der Waals surface area contributed by atoms with Crippen LogP contribution in [0.3, 0.4) is 0 Å². The molecule has 0 saturated heterocycles. The van der Waals surface area contributed by atoms with Crippen molar-refractivity contribution >= 4 is 21.9 Å². The first-order valence-corrected chi connectivity index (χ1v) is 3.08. The molecule has 0 radical (unpaired) electrons. The fourth-order valence-electron chi connectivity index (χ4n) is 0.374. The van der Waals surface area contributed by atoms with E-state index in [1.165, 1.54) is 6.20 Å². The van der Waals surface area contributed by atoms with E-state index in [4.69, 9.17) is 5.11 Å². The van der Waals surface area contributed by atoms with E-state index in [-0.39, 0.29) is 5.82 Å². The van der Waals surface area contributed by atoms with Crippen LogP contribution in [0, 0.1) is 0 Å². The third-order valence-electron chi connectivity index (χ3n) is 0.721. The summed E-state index contributed by atoms with van der Waals surface area (Å²) in [6.07, 6.45) is 1.31. The van der Waals surface area contributed by atoms with E-state index in [1.807, 2.05) is 0 Å². The molecule has 0 bridgehead atoms. The van der Waals surface area contributed by atoms with Crippen LogP contribution < -0.4 is 0 Å². The molecule has 10 heavy (non-hydrogen) atoms. The van der Waals surface area contributed by atoms with Crippen LogP contribution in [0.2, 0.25) is 0 Å². The molecule has 0 aliphatic carbocycles. The van der Waals surface area contributed by atoms with Gasteiger partial charge in [0, 0.05) is 0 Å². The molecule has 1 N–H and O–H groups in total. The summed E-state index contributed by atoms with van der Waals surface area (Å²) in [7, 11) is 0. The van der Waals surface area contributed by atoms with Gasteiger partial charge in [-0.1, -0.05) is 0 Å². The number of hydrogen-bond donors (Lipinski definition) is 1. The fourth-order valence-corrected chi connectivity index (χ4v) is 0.634. The molecule has 0 aromatic carbocycles. The molecule has 0 aliphatic rings. The number of aromatic carboxylic acids is 1. The number of rotatable bonds is 1. The zero-order valence-electron chi connectivity index (χ0n) is 4.65. The molecular formula is C4H2BrN3O2. The smallest absolute Gasteiger partial charge is 0.375 e. The lowest BCUT2D eigenvalue weighted by molar-refractivity contribution is 0.0681. The predicted octanol–water partition coefficient (Wildman–Crippen LogP) is 0.332. The van der Waals surface area contributed by atoms with Crippen LogP contribution in [-0.2, 0) is 0 Å². The Balaban J connectivity index is 3.07. The topological polar surface area (TPSA) is 76.0 Å². The Morgan fingerprint density at radius 1 is 1.70 bits per heavy atom. The summed E-state index contributed by atoms with van der Waals surface area (Å²) in [6.45, 7) is 0. The van der Waals surface area contributed by atoms with Gasteiger partial charge in [0.05, 0.1) is 6.20 Å². The molecular weight excluding hydrogens is 202 g/mol. The molecule has 1 rings (SSSR count). The van der Waals surface area contributed by atoms with Gasteiger partial charge < -0.3 is 5.11 Å². The number of hydrogen-bond acceptors (Lipinski definition) is 4. The molecule has 0 atom stereocenters. The quantitative estimate of drug-likeness (QED) is 0.713. The van der Waals surface area contributed by atoms with Crippen molar-refractivity contribution in [1.82, 2.24) is 15.2 Å². The Hall–Kier alpha value is -1.04. The first kappa shape index (κ1) is 7.07. The van der Waals surface area contributed by atoms with Gasteiger partial charge in [0.25, 0.3) is 5.82 Å². The van der Waals surface area contributed by atoms with Gasteiger partial charge in [-0.25, -0.2) is 9.78 Å². The standard InChI is InChI=1S/C4H2BrN3O2/c5-2-1-6-8-3(7-2)4(9)10/h1H,(H,9,10). The summed E-state index contributed by atoms with van der Waals surface area (Å²) < 4.78 is 0.361. The lowest BCUT2D eigenvalue weighted by Crippen LogP contribution is -2.04. The van der Waals surface area contributed by atoms with Crippen molar-refractivity contribution in [2.45, 2.75) is 0 Å². The molecule has 1 aromatic rings. The Kier molecular flexibility index (Phi) is 1.91. The fraction of sp³-hybridized carbons (Fsp3) is 0. The molecule has 5 nitrogen and oxygen atoms in total. The van der Waals surface area contributed by atoms with Gasteiger partial charge in [-0.05, 0) is 15.9 Å². The van der Waals surface area contributed by atoms with Crippen molar-refractivity contribution in [3.05, 3.63) is 16.6 Å². The van der Waals surface area contributed by atoms with Crippen LogP contribution in [0.5, 0.6) is 0 Å². The van der Waals surface area contributed by atoms with Crippen LogP contribution in [0.1, 0.15) is 10.6 Å². The maximum Gasteiger partial charge on any atom is 0.375 e. The molecule has 6 heteroatoms. The van der Waals surface area contributed by atoms with Gasteiger partial charge in [0.15, 0.2) is 0 Å². The minimum Gasteiger partial charge on any atom is -0.475 e. The van der Waals surface area contributed by atoms with Gasteiger partial charge in [-0.15, -0.1) is 5.10 Å². The summed E-state index contributed by atoms with van der Waals surface area (Å²) in [5.74, 6) is -1.50. The van der Waals surface area contributed by atoms with Crippen molar-refractivity contribution in [2.24, 2.45) is 0 Å². The number of carboxylic acids is 1. The van der Waals surface area contributed by atoms with E-state index in [0.717, 1.165) is 0 Å². The average Bonchev–Trinajstić information content (AvgIpc) is 1.88. The summed E-state index contributed by atoms with van der Waals surface area (Å²) in [6, 6.07) is 0. The molecule has 0 saturated carbocycles. The zero-order chi connectivity index (χ0) is 7.56. The second-order valence-electron chi connectivity index (χ2n) is 1.41. The number of carbonyl (C=O) groups is 1. The van der Waals surface area contributed by atoms with E-state index >= 15 is 0 Å². The third-order valence-corrected chi connectivity index (χ3v) is 1.10. The monoisotopic (exact) mass is 203 g/mol. The normalized spacial score (nSPS) is 9.30. The molecule has 0 aliphatic heterocycles. The lowest BCUT2D eigenvalue weighted by Gasteiger charge is -1.89. The van der Waals surface area contributed by atoms with Crippen molar-refractivity contribution in [3.8, 4) is 0 Å². The summed E-state index contributed by atoms with van der Waals surface area (Å²) >= 11 is 2.95. The zero-order valence-corrected chi connectivity index (χ0v) is 6.24. The number of nitrogens with zero attached hydrogens (tertiary/aromatic N) is 3. The van der Waals surface area contributed by atoms with Crippen LogP contribution in [0.15, 0.2) is 10.8 Å². The van der Waals surface area contributed by atoms with Gasteiger partial charge in [-0.2, -0.15) is 5.10 Å². The van der Waals surface area contributed by atoms with Crippen LogP contribution in [0.25, 0.3) is 0 Å². The Labute approximate surface area is 64.2 Å².